The summed E-state index contributed by atoms with van der Waals surface area (Å²) in [6, 6.07) is 24.0. The standard InChI is InChI=1S/C37H41N5O5/c1-27-15-20-41(21-16-27)25-28-5-7-30(8-6-28)36(43)40-31-9-14-35(39-24-31)47-37(44)42-22-17-29(18-23-42)26-45-32-10-12-33(13-11-32)46-34-4-2-3-19-38-34/h2-14,19,24,27,29H,15-18,20-23,25-26H2,1H3,(H,40,43). The molecule has 0 atom stereocenters. The van der Waals surface area contributed by atoms with E-state index in [1.54, 1.807) is 29.3 Å². The Kier molecular flexibility index (Phi) is 10.6. The highest BCUT2D eigenvalue weighted by Gasteiger charge is 2.25. The summed E-state index contributed by atoms with van der Waals surface area (Å²) in [5.41, 5.74) is 2.31. The number of aromatic nitrogens is 2. The van der Waals surface area contributed by atoms with Crippen LogP contribution >= 0.6 is 0 Å². The fraction of sp³-hybridized carbons (Fsp3) is 0.351. The predicted molar refractivity (Wildman–Crippen MR) is 179 cm³/mol. The van der Waals surface area contributed by atoms with Gasteiger partial charge in [-0.05, 0) is 105 Å². The molecular formula is C37H41N5O5. The molecule has 4 heterocycles. The van der Waals surface area contributed by atoms with E-state index in [4.69, 9.17) is 14.2 Å². The minimum Gasteiger partial charge on any atom is -0.493 e. The first-order chi connectivity index (χ1) is 23.0. The van der Waals surface area contributed by atoms with Gasteiger partial charge in [0.2, 0.25) is 11.8 Å². The van der Waals surface area contributed by atoms with Crippen molar-refractivity contribution in [3.63, 3.8) is 0 Å². The predicted octanol–water partition coefficient (Wildman–Crippen LogP) is 7.04. The van der Waals surface area contributed by atoms with E-state index in [0.29, 0.717) is 48.5 Å². The molecule has 244 valence electrons. The van der Waals surface area contributed by atoms with Gasteiger partial charge in [0.1, 0.15) is 11.5 Å². The topological polar surface area (TPSA) is 106 Å². The van der Waals surface area contributed by atoms with E-state index >= 15 is 0 Å². The first-order valence-electron chi connectivity index (χ1n) is 16.3. The second kappa shape index (κ2) is 15.6. The van der Waals surface area contributed by atoms with Crippen LogP contribution in [0.2, 0.25) is 0 Å². The second-order valence-corrected chi connectivity index (χ2v) is 12.3. The molecule has 10 heteroatoms. The van der Waals surface area contributed by atoms with Crippen LogP contribution in [0.3, 0.4) is 0 Å². The average molecular weight is 636 g/mol. The highest BCUT2D eigenvalue weighted by Crippen LogP contribution is 2.25. The first kappa shape index (κ1) is 32.0. The van der Waals surface area contributed by atoms with Gasteiger partial charge < -0.3 is 24.4 Å². The Morgan fingerprint density at radius 1 is 0.809 bits per heavy atom. The largest absolute Gasteiger partial charge is 0.493 e. The maximum atomic E-state index is 12.8. The van der Waals surface area contributed by atoms with Gasteiger partial charge in [0.15, 0.2) is 0 Å². The number of carbonyl (C=O) groups is 2. The van der Waals surface area contributed by atoms with Gasteiger partial charge in [-0.15, -0.1) is 0 Å². The number of benzene rings is 2. The van der Waals surface area contributed by atoms with Crippen LogP contribution in [0, 0.1) is 11.8 Å². The molecule has 1 N–H and O–H groups in total. The number of hydrogen-bond donors (Lipinski definition) is 1. The fourth-order valence-electron chi connectivity index (χ4n) is 5.74. The third-order valence-electron chi connectivity index (χ3n) is 8.73. The number of carbonyl (C=O) groups excluding carboxylic acids is 2. The van der Waals surface area contributed by atoms with Crippen LogP contribution in [0.15, 0.2) is 91.3 Å². The van der Waals surface area contributed by atoms with Gasteiger partial charge in [0, 0.05) is 43.5 Å². The van der Waals surface area contributed by atoms with Gasteiger partial charge in [-0.1, -0.05) is 25.1 Å². The third kappa shape index (κ3) is 9.29. The van der Waals surface area contributed by atoms with Crippen molar-refractivity contribution in [2.45, 2.75) is 39.2 Å². The van der Waals surface area contributed by atoms with E-state index < -0.39 is 6.09 Å². The average Bonchev–Trinajstić information content (AvgIpc) is 3.11. The Balaban J connectivity index is 0.894. The SMILES string of the molecule is CC1CCN(Cc2ccc(C(=O)Nc3ccc(OC(=O)N4CCC(COc5ccc(Oc6ccccn6)cc5)CC4)nc3)cc2)CC1. The maximum absolute atomic E-state index is 12.8. The lowest BCUT2D eigenvalue weighted by Gasteiger charge is -2.30. The van der Waals surface area contributed by atoms with Gasteiger partial charge in [0.05, 0.1) is 18.5 Å². The third-order valence-corrected chi connectivity index (χ3v) is 8.73. The van der Waals surface area contributed by atoms with Crippen LogP contribution < -0.4 is 19.5 Å². The summed E-state index contributed by atoms with van der Waals surface area (Å²) in [6.45, 7) is 7.19. The van der Waals surface area contributed by atoms with Crippen molar-refractivity contribution in [1.82, 2.24) is 19.8 Å². The molecule has 2 aliphatic heterocycles. The van der Waals surface area contributed by atoms with Crippen molar-refractivity contribution in [1.29, 1.82) is 0 Å². The number of rotatable bonds is 10. The van der Waals surface area contributed by atoms with Gasteiger partial charge in [-0.2, -0.15) is 0 Å². The smallest absolute Gasteiger partial charge is 0.416 e. The lowest BCUT2D eigenvalue weighted by Crippen LogP contribution is -2.41. The molecule has 0 radical (unpaired) electrons. The zero-order chi connectivity index (χ0) is 32.4. The van der Waals surface area contributed by atoms with E-state index in [0.717, 1.165) is 44.1 Å². The molecule has 2 aliphatic rings. The van der Waals surface area contributed by atoms with Gasteiger partial charge >= 0.3 is 6.09 Å². The molecule has 2 saturated heterocycles. The zero-order valence-corrected chi connectivity index (χ0v) is 26.7. The Morgan fingerprint density at radius 3 is 2.23 bits per heavy atom. The quantitative estimate of drug-likeness (QED) is 0.198. The molecule has 0 spiro atoms. The van der Waals surface area contributed by atoms with Crippen LogP contribution in [-0.4, -0.2) is 64.6 Å². The molecule has 2 aromatic carbocycles. The number of piperidine rings is 2. The molecule has 0 bridgehead atoms. The van der Waals surface area contributed by atoms with E-state index in [1.165, 1.54) is 24.6 Å². The van der Waals surface area contributed by atoms with Crippen LogP contribution in [0.1, 0.15) is 48.5 Å². The van der Waals surface area contributed by atoms with Crippen molar-refractivity contribution in [3.8, 4) is 23.3 Å². The highest BCUT2D eigenvalue weighted by molar-refractivity contribution is 6.04. The monoisotopic (exact) mass is 635 g/mol. The summed E-state index contributed by atoms with van der Waals surface area (Å²) >= 11 is 0. The van der Waals surface area contributed by atoms with E-state index in [1.807, 2.05) is 60.7 Å². The fourth-order valence-corrected chi connectivity index (χ4v) is 5.74. The molecule has 2 amide bonds. The van der Waals surface area contributed by atoms with Crippen LogP contribution in [0.25, 0.3) is 0 Å². The molecule has 10 nitrogen and oxygen atoms in total. The Bertz CT molecular complexity index is 1580. The van der Waals surface area contributed by atoms with Crippen LogP contribution in [0.5, 0.6) is 23.3 Å². The summed E-state index contributed by atoms with van der Waals surface area (Å²) in [5.74, 6) is 3.10. The maximum Gasteiger partial charge on any atom is 0.416 e. The second-order valence-electron chi connectivity index (χ2n) is 12.3. The number of pyridine rings is 2. The van der Waals surface area contributed by atoms with Crippen LogP contribution in [-0.2, 0) is 6.54 Å². The van der Waals surface area contributed by atoms with Gasteiger partial charge in [-0.25, -0.2) is 14.8 Å². The van der Waals surface area contributed by atoms with E-state index in [2.05, 4.69) is 27.1 Å². The molecule has 2 aromatic heterocycles. The summed E-state index contributed by atoms with van der Waals surface area (Å²) in [4.78, 5) is 38.1. The Morgan fingerprint density at radius 2 is 1.55 bits per heavy atom. The molecule has 6 rings (SSSR count). The van der Waals surface area contributed by atoms with Gasteiger partial charge in [-0.3, -0.25) is 9.69 Å². The number of nitrogens with zero attached hydrogens (tertiary/aromatic N) is 4. The first-order valence-corrected chi connectivity index (χ1v) is 16.3. The van der Waals surface area contributed by atoms with Crippen LogP contribution in [0.4, 0.5) is 10.5 Å². The lowest BCUT2D eigenvalue weighted by atomic mass is 9.98. The number of likely N-dealkylation sites (tertiary alicyclic amines) is 2. The van der Waals surface area contributed by atoms with Crippen molar-refractivity contribution in [2.75, 3.05) is 38.1 Å². The van der Waals surface area contributed by atoms with Crippen molar-refractivity contribution >= 4 is 17.7 Å². The lowest BCUT2D eigenvalue weighted by molar-refractivity contribution is 0.102. The normalized spacial score (nSPS) is 16.0. The number of nitrogens with one attached hydrogen (secondary N) is 1. The van der Waals surface area contributed by atoms with E-state index in [-0.39, 0.29) is 11.8 Å². The summed E-state index contributed by atoms with van der Waals surface area (Å²) < 4.78 is 17.2. The molecule has 0 saturated carbocycles. The molecule has 47 heavy (non-hydrogen) atoms. The Hall–Kier alpha value is -4.96. The summed E-state index contributed by atoms with van der Waals surface area (Å²) in [5, 5.41) is 2.87. The highest BCUT2D eigenvalue weighted by atomic mass is 16.6. The number of amides is 2. The minimum atomic E-state index is -0.434. The molecule has 2 fully saturated rings. The Labute approximate surface area is 275 Å². The molecule has 0 aliphatic carbocycles. The molecular weight excluding hydrogens is 594 g/mol. The summed E-state index contributed by atoms with van der Waals surface area (Å²) in [7, 11) is 0. The minimum absolute atomic E-state index is 0.186. The molecule has 0 unspecified atom stereocenters. The van der Waals surface area contributed by atoms with Gasteiger partial charge in [0.25, 0.3) is 5.91 Å². The number of hydrogen-bond acceptors (Lipinski definition) is 8. The van der Waals surface area contributed by atoms with E-state index in [9.17, 15) is 9.59 Å². The molecule has 4 aromatic rings. The zero-order valence-electron chi connectivity index (χ0n) is 26.7. The number of ether oxygens (including phenoxy) is 3. The van der Waals surface area contributed by atoms with Crippen molar-refractivity contribution in [2.24, 2.45) is 11.8 Å². The van der Waals surface area contributed by atoms with Crippen molar-refractivity contribution < 1.29 is 23.8 Å². The summed E-state index contributed by atoms with van der Waals surface area (Å²) in [6.07, 6.45) is 6.85. The number of anilines is 1. The van der Waals surface area contributed by atoms with Crippen molar-refractivity contribution in [3.05, 3.63) is 102 Å².